The molecule has 37 heavy (non-hydrogen) atoms. The Bertz CT molecular complexity index is 1470. The number of thioether (sulfide) groups is 1. The summed E-state index contributed by atoms with van der Waals surface area (Å²) in [7, 11) is 3.99. The first-order valence-electron chi connectivity index (χ1n) is 12.2. The highest BCUT2D eigenvalue weighted by molar-refractivity contribution is 8.02. The lowest BCUT2D eigenvalue weighted by Gasteiger charge is -2.14. The number of nitrogens with one attached hydrogen (secondary N) is 1. The first-order valence-corrected chi connectivity index (χ1v) is 13.5. The normalized spacial score (nSPS) is 13.1. The number of nitrogens with zero attached hydrogens (tertiary/aromatic N) is 2. The molecule has 0 saturated carbocycles. The van der Waals surface area contributed by atoms with Crippen molar-refractivity contribution in [3.63, 3.8) is 0 Å². The molecule has 0 bridgehead atoms. The molecule has 5 nitrogen and oxygen atoms in total. The van der Waals surface area contributed by atoms with Gasteiger partial charge in [0, 0.05) is 41.5 Å². The third-order valence-corrected chi connectivity index (χ3v) is 7.07. The van der Waals surface area contributed by atoms with Crippen molar-refractivity contribution in [1.29, 1.82) is 0 Å². The van der Waals surface area contributed by atoms with Gasteiger partial charge in [0.2, 0.25) is 5.89 Å². The molecule has 0 atom stereocenters. The molecule has 1 aromatic heterocycles. The molecule has 0 fully saturated rings. The van der Waals surface area contributed by atoms with E-state index >= 15 is 0 Å². The average molecular weight is 508 g/mol. The predicted octanol–water partition coefficient (Wildman–Crippen LogP) is 7.40. The maximum Gasteiger partial charge on any atom is 0.278 e. The summed E-state index contributed by atoms with van der Waals surface area (Å²) in [5.41, 5.74) is 5.92. The zero-order chi connectivity index (χ0) is 25.8. The van der Waals surface area contributed by atoms with Gasteiger partial charge in [0.1, 0.15) is 0 Å². The van der Waals surface area contributed by atoms with Crippen LogP contribution in [0.15, 0.2) is 106 Å². The SMILES string of the molecule is CSC1=CCCC(NC(=O)c2nc(-c3ccccc3-c3ccccc3)oc2-c2ccc(N(C)C)cc2)=C1. The molecule has 0 saturated heterocycles. The molecule has 1 N–H and O–H groups in total. The van der Waals surface area contributed by atoms with Crippen LogP contribution in [0.3, 0.4) is 0 Å². The van der Waals surface area contributed by atoms with E-state index < -0.39 is 0 Å². The molecule has 6 heteroatoms. The quantitative estimate of drug-likeness (QED) is 0.282. The molecule has 0 radical (unpaired) electrons. The minimum Gasteiger partial charge on any atom is -0.435 e. The fraction of sp³-hybridized carbons (Fsp3) is 0.161. The van der Waals surface area contributed by atoms with Crippen molar-refractivity contribution in [1.82, 2.24) is 10.3 Å². The van der Waals surface area contributed by atoms with Gasteiger partial charge in [-0.05, 0) is 66.6 Å². The number of rotatable bonds is 7. The Morgan fingerprint density at radius 2 is 1.62 bits per heavy atom. The Balaban J connectivity index is 1.59. The Morgan fingerprint density at radius 3 is 2.32 bits per heavy atom. The van der Waals surface area contributed by atoms with Crippen LogP contribution in [0.5, 0.6) is 0 Å². The van der Waals surface area contributed by atoms with Crippen LogP contribution in [-0.4, -0.2) is 31.2 Å². The number of oxazole rings is 1. The number of anilines is 1. The largest absolute Gasteiger partial charge is 0.435 e. The first kappa shape index (κ1) is 24.7. The van der Waals surface area contributed by atoms with Crippen molar-refractivity contribution >= 4 is 23.4 Å². The number of amides is 1. The molecule has 3 aromatic carbocycles. The molecule has 4 aromatic rings. The lowest BCUT2D eigenvalue weighted by Crippen LogP contribution is -2.24. The molecule has 0 spiro atoms. The summed E-state index contributed by atoms with van der Waals surface area (Å²) in [5, 5.41) is 3.09. The average Bonchev–Trinajstić information content (AvgIpc) is 3.39. The van der Waals surface area contributed by atoms with Crippen molar-refractivity contribution in [2.75, 3.05) is 25.3 Å². The molecule has 1 aliphatic carbocycles. The smallest absolute Gasteiger partial charge is 0.278 e. The summed E-state index contributed by atoms with van der Waals surface area (Å²) >= 11 is 1.67. The predicted molar refractivity (Wildman–Crippen MR) is 154 cm³/mol. The highest BCUT2D eigenvalue weighted by Crippen LogP contribution is 2.36. The fourth-order valence-corrected chi connectivity index (χ4v) is 4.90. The van der Waals surface area contributed by atoms with E-state index in [-0.39, 0.29) is 11.6 Å². The number of allylic oxidation sites excluding steroid dienone is 3. The van der Waals surface area contributed by atoms with Crippen molar-refractivity contribution < 1.29 is 9.21 Å². The van der Waals surface area contributed by atoms with Crippen molar-refractivity contribution in [3.8, 4) is 33.9 Å². The first-order chi connectivity index (χ1) is 18.0. The molecule has 1 amide bonds. The van der Waals surface area contributed by atoms with Gasteiger partial charge < -0.3 is 14.6 Å². The molecular formula is C31H29N3O2S. The molecule has 0 unspecified atom stereocenters. The van der Waals surface area contributed by atoms with Gasteiger partial charge in [0.25, 0.3) is 5.91 Å². The van der Waals surface area contributed by atoms with E-state index in [1.54, 1.807) is 11.8 Å². The van der Waals surface area contributed by atoms with Gasteiger partial charge in [0.05, 0.1) is 0 Å². The van der Waals surface area contributed by atoms with Crippen LogP contribution in [0.25, 0.3) is 33.9 Å². The van der Waals surface area contributed by atoms with E-state index in [1.807, 2.05) is 98.1 Å². The van der Waals surface area contributed by atoms with Gasteiger partial charge in [0.15, 0.2) is 11.5 Å². The molecule has 186 valence electrons. The van der Waals surface area contributed by atoms with E-state index in [0.29, 0.717) is 11.7 Å². The minimum atomic E-state index is -0.271. The van der Waals surface area contributed by atoms with E-state index in [1.165, 1.54) is 0 Å². The molecule has 1 heterocycles. The van der Waals surface area contributed by atoms with Crippen LogP contribution in [0.4, 0.5) is 5.69 Å². The Morgan fingerprint density at radius 1 is 0.919 bits per heavy atom. The van der Waals surface area contributed by atoms with Crippen molar-refractivity contribution in [3.05, 3.63) is 107 Å². The minimum absolute atomic E-state index is 0.271. The maximum atomic E-state index is 13.6. The lowest BCUT2D eigenvalue weighted by molar-refractivity contribution is 0.0960. The van der Waals surface area contributed by atoms with E-state index in [0.717, 1.165) is 51.4 Å². The zero-order valence-corrected chi connectivity index (χ0v) is 22.0. The van der Waals surface area contributed by atoms with Gasteiger partial charge in [-0.3, -0.25) is 4.79 Å². The van der Waals surface area contributed by atoms with Gasteiger partial charge >= 0.3 is 0 Å². The second-order valence-electron chi connectivity index (χ2n) is 9.02. The monoisotopic (exact) mass is 507 g/mol. The van der Waals surface area contributed by atoms with E-state index in [9.17, 15) is 4.79 Å². The summed E-state index contributed by atoms with van der Waals surface area (Å²) in [5.74, 6) is 0.601. The summed E-state index contributed by atoms with van der Waals surface area (Å²) < 4.78 is 6.38. The van der Waals surface area contributed by atoms with Gasteiger partial charge in [-0.25, -0.2) is 4.98 Å². The van der Waals surface area contributed by atoms with Crippen molar-refractivity contribution in [2.45, 2.75) is 12.8 Å². The highest BCUT2D eigenvalue weighted by atomic mass is 32.2. The molecule has 0 aliphatic heterocycles. The third-order valence-electron chi connectivity index (χ3n) is 6.32. The number of carbonyl (C=O) groups is 1. The van der Waals surface area contributed by atoms with Gasteiger partial charge in [-0.2, -0.15) is 0 Å². The van der Waals surface area contributed by atoms with Crippen LogP contribution in [-0.2, 0) is 0 Å². The Hall–Kier alpha value is -4.03. The third kappa shape index (κ3) is 5.39. The van der Waals surface area contributed by atoms with Crippen LogP contribution in [0.1, 0.15) is 23.3 Å². The summed E-state index contributed by atoms with van der Waals surface area (Å²) in [6.07, 6.45) is 7.94. The summed E-state index contributed by atoms with van der Waals surface area (Å²) in [6.45, 7) is 0. The van der Waals surface area contributed by atoms with E-state index in [4.69, 9.17) is 9.40 Å². The molecular weight excluding hydrogens is 478 g/mol. The lowest BCUT2D eigenvalue weighted by atomic mass is 10.00. The van der Waals surface area contributed by atoms with Crippen LogP contribution in [0.2, 0.25) is 0 Å². The second-order valence-corrected chi connectivity index (χ2v) is 9.90. The number of carbonyl (C=O) groups excluding carboxylic acids is 1. The van der Waals surface area contributed by atoms with Crippen LogP contribution in [0, 0.1) is 0 Å². The second kappa shape index (κ2) is 10.9. The Kier molecular flexibility index (Phi) is 7.28. The molecule has 1 aliphatic rings. The van der Waals surface area contributed by atoms with E-state index in [2.05, 4.69) is 23.5 Å². The highest BCUT2D eigenvalue weighted by Gasteiger charge is 2.24. The number of benzene rings is 3. The summed E-state index contributed by atoms with van der Waals surface area (Å²) in [6, 6.07) is 26.1. The number of aromatic nitrogens is 1. The number of hydrogen-bond acceptors (Lipinski definition) is 5. The maximum absolute atomic E-state index is 13.6. The van der Waals surface area contributed by atoms with Crippen LogP contribution < -0.4 is 10.2 Å². The van der Waals surface area contributed by atoms with Gasteiger partial charge in [-0.1, -0.05) is 54.6 Å². The Labute approximate surface area is 221 Å². The standard InChI is InChI=1S/C31H29N3O2S/c1-34(2)24-18-16-22(17-19-24)29-28(30(35)32-23-12-9-13-25(20-23)37-3)33-31(36-29)27-15-8-7-14-26(27)21-10-5-4-6-11-21/h4-8,10-11,13-20H,9,12H2,1-3H3,(H,32,35). The zero-order valence-electron chi connectivity index (χ0n) is 21.2. The number of hydrogen-bond donors (Lipinski definition) is 1. The van der Waals surface area contributed by atoms with Gasteiger partial charge in [-0.15, -0.1) is 11.8 Å². The fourth-order valence-electron chi connectivity index (χ4n) is 4.35. The van der Waals surface area contributed by atoms with Crippen molar-refractivity contribution in [2.24, 2.45) is 0 Å². The summed E-state index contributed by atoms with van der Waals surface area (Å²) in [4.78, 5) is 21.5. The van der Waals surface area contributed by atoms with Crippen LogP contribution >= 0.6 is 11.8 Å². The topological polar surface area (TPSA) is 58.4 Å². The molecule has 5 rings (SSSR count).